The molecule has 0 unspecified atom stereocenters. The molecule has 2 rings (SSSR count). The Morgan fingerprint density at radius 2 is 1.94 bits per heavy atom. The van der Waals surface area contributed by atoms with Crippen molar-refractivity contribution in [1.29, 1.82) is 0 Å². The number of piperidine rings is 1. The molecule has 0 saturated carbocycles. The lowest BCUT2D eigenvalue weighted by molar-refractivity contribution is 0.135. The first kappa shape index (κ1) is 12.0. The molecule has 0 aromatic heterocycles. The molecule has 90 valence electrons. The summed E-state index contributed by atoms with van der Waals surface area (Å²) in [6, 6.07) is 7.48. The minimum Gasteiger partial charge on any atom is -0.490 e. The molecule has 5 heteroatoms. The highest BCUT2D eigenvalue weighted by Crippen LogP contribution is 2.19. The molecule has 0 atom stereocenters. The second-order valence-electron chi connectivity index (χ2n) is 4.35. The summed E-state index contributed by atoms with van der Waals surface area (Å²) in [5.74, 6) is 0.869. The molecule has 0 radical (unpaired) electrons. The highest BCUT2D eigenvalue weighted by atomic mass is 16.5. The number of carbonyl (C=O) groups is 1. The van der Waals surface area contributed by atoms with Gasteiger partial charge in [-0.05, 0) is 50.2 Å². The smallest absolute Gasteiger partial charge is 0.281 e. The van der Waals surface area contributed by atoms with Crippen molar-refractivity contribution in [2.24, 2.45) is 0 Å². The molecular weight excluding hydrogens is 215 g/mol. The molecule has 4 nitrogen and oxygen atoms in total. The molecule has 1 heterocycles. The van der Waals surface area contributed by atoms with Gasteiger partial charge in [-0.2, -0.15) is 0 Å². The molecule has 1 saturated heterocycles. The van der Waals surface area contributed by atoms with Crippen LogP contribution in [0.15, 0.2) is 24.3 Å². The van der Waals surface area contributed by atoms with Gasteiger partial charge in [0.25, 0.3) is 7.41 Å². The number of ether oxygens (including phenoxy) is 1. The Morgan fingerprint density at radius 1 is 1.29 bits per heavy atom. The van der Waals surface area contributed by atoms with Crippen LogP contribution in [0.2, 0.25) is 0 Å². The number of nitrogens with two attached hydrogens (primary N) is 1. The van der Waals surface area contributed by atoms with Gasteiger partial charge in [-0.15, -0.1) is 0 Å². The van der Waals surface area contributed by atoms with E-state index in [1.54, 1.807) is 0 Å². The normalized spacial score (nSPS) is 17.6. The SMILES string of the molecule is Nc1ccc(OC2CCN(BC=O)CC2)cc1. The van der Waals surface area contributed by atoms with Crippen LogP contribution in [0.4, 0.5) is 5.69 Å². The van der Waals surface area contributed by atoms with Gasteiger partial charge in [-0.25, -0.2) is 0 Å². The lowest BCUT2D eigenvalue weighted by Crippen LogP contribution is -2.40. The summed E-state index contributed by atoms with van der Waals surface area (Å²) in [5, 5.41) is 0. The summed E-state index contributed by atoms with van der Waals surface area (Å²) in [4.78, 5) is 12.5. The van der Waals surface area contributed by atoms with Crippen LogP contribution in [0.25, 0.3) is 0 Å². The van der Waals surface area contributed by atoms with Gasteiger partial charge in [-0.3, -0.25) is 0 Å². The Morgan fingerprint density at radius 3 is 2.53 bits per heavy atom. The van der Waals surface area contributed by atoms with E-state index in [-0.39, 0.29) is 6.10 Å². The summed E-state index contributed by atoms with van der Waals surface area (Å²) < 4.78 is 5.87. The van der Waals surface area contributed by atoms with Crippen LogP contribution in [-0.2, 0) is 4.79 Å². The summed E-state index contributed by atoms with van der Waals surface area (Å²) in [7, 11) is 0.536. The highest BCUT2D eigenvalue weighted by molar-refractivity contribution is 6.64. The monoisotopic (exact) mass is 232 g/mol. The summed E-state index contributed by atoms with van der Waals surface area (Å²) >= 11 is 0. The Balaban J connectivity index is 1.81. The minimum absolute atomic E-state index is 0.251. The number of hydrogen-bond donors (Lipinski definition) is 1. The topological polar surface area (TPSA) is 55.6 Å². The van der Waals surface area contributed by atoms with E-state index in [0.29, 0.717) is 7.41 Å². The third-order valence-electron chi connectivity index (χ3n) is 3.05. The predicted molar refractivity (Wildman–Crippen MR) is 70.0 cm³/mol. The van der Waals surface area contributed by atoms with Crippen molar-refractivity contribution < 1.29 is 9.53 Å². The van der Waals surface area contributed by atoms with Crippen LogP contribution in [0.1, 0.15) is 12.8 Å². The average molecular weight is 232 g/mol. The number of nitrogen functional groups attached to an aromatic ring is 1. The van der Waals surface area contributed by atoms with Gasteiger partial charge < -0.3 is 20.1 Å². The fourth-order valence-electron chi connectivity index (χ4n) is 2.05. The van der Waals surface area contributed by atoms with E-state index < -0.39 is 0 Å². The molecule has 17 heavy (non-hydrogen) atoms. The van der Waals surface area contributed by atoms with Crippen LogP contribution >= 0.6 is 0 Å². The number of rotatable bonds is 4. The predicted octanol–water partition coefficient (Wildman–Crippen LogP) is 0.654. The Bertz CT molecular complexity index is 361. The number of anilines is 1. The average Bonchev–Trinajstić information content (AvgIpc) is 2.35. The number of carbonyl (C=O) groups excluding carboxylic acids is 1. The summed E-state index contributed by atoms with van der Waals surface area (Å²) in [6.45, 7) is 1.86. The molecule has 0 amide bonds. The molecule has 1 aromatic carbocycles. The van der Waals surface area contributed by atoms with E-state index in [1.165, 1.54) is 0 Å². The third kappa shape index (κ3) is 3.49. The maximum Gasteiger partial charge on any atom is 0.281 e. The molecule has 1 aromatic rings. The van der Waals surface area contributed by atoms with Crippen LogP contribution in [0, 0.1) is 0 Å². The number of benzene rings is 1. The second kappa shape index (κ2) is 5.73. The Kier molecular flexibility index (Phi) is 4.04. The van der Waals surface area contributed by atoms with Gasteiger partial charge in [0.1, 0.15) is 11.9 Å². The van der Waals surface area contributed by atoms with Gasteiger partial charge in [0.05, 0.1) is 6.19 Å². The van der Waals surface area contributed by atoms with Crippen molar-refractivity contribution in [2.45, 2.75) is 18.9 Å². The molecule has 0 aliphatic carbocycles. The maximum atomic E-state index is 10.4. The second-order valence-corrected chi connectivity index (χ2v) is 4.35. The van der Waals surface area contributed by atoms with E-state index in [0.717, 1.165) is 43.6 Å². The van der Waals surface area contributed by atoms with Crippen LogP contribution in [0.3, 0.4) is 0 Å². The van der Waals surface area contributed by atoms with Crippen molar-refractivity contribution in [1.82, 2.24) is 4.81 Å². The van der Waals surface area contributed by atoms with Gasteiger partial charge in [0, 0.05) is 5.69 Å². The lowest BCUT2D eigenvalue weighted by Gasteiger charge is -2.30. The molecular formula is C12H17BN2O2. The van der Waals surface area contributed by atoms with E-state index in [4.69, 9.17) is 10.5 Å². The number of nitrogens with zero attached hydrogens (tertiary/aromatic N) is 1. The Hall–Kier alpha value is -1.49. The molecule has 2 N–H and O–H groups in total. The molecule has 0 bridgehead atoms. The molecule has 1 fully saturated rings. The highest BCUT2D eigenvalue weighted by Gasteiger charge is 2.20. The largest absolute Gasteiger partial charge is 0.490 e. The molecule has 0 spiro atoms. The van der Waals surface area contributed by atoms with E-state index in [1.807, 2.05) is 24.3 Å². The van der Waals surface area contributed by atoms with Crippen molar-refractivity contribution in [3.05, 3.63) is 24.3 Å². The number of hydrogen-bond acceptors (Lipinski definition) is 4. The third-order valence-corrected chi connectivity index (χ3v) is 3.05. The molecule has 1 aliphatic heterocycles. The zero-order chi connectivity index (χ0) is 12.1. The standard InChI is InChI=1S/C12H17BN2O2/c14-10-1-3-11(4-2-10)17-12-5-7-15(8-6-12)13-9-16/h1-4,9,12-13H,5-8,14H2. The van der Waals surface area contributed by atoms with Crippen LogP contribution in [-0.4, -0.2) is 37.6 Å². The first-order chi connectivity index (χ1) is 8.28. The maximum absolute atomic E-state index is 10.4. The van der Waals surface area contributed by atoms with Gasteiger partial charge in [0.15, 0.2) is 0 Å². The van der Waals surface area contributed by atoms with Crippen molar-refractivity contribution in [2.75, 3.05) is 18.8 Å². The van der Waals surface area contributed by atoms with Crippen molar-refractivity contribution in [3.8, 4) is 5.75 Å². The Labute approximate surface area is 102 Å². The van der Waals surface area contributed by atoms with Gasteiger partial charge in [0.2, 0.25) is 0 Å². The zero-order valence-electron chi connectivity index (χ0n) is 9.84. The van der Waals surface area contributed by atoms with Crippen molar-refractivity contribution >= 4 is 19.3 Å². The van der Waals surface area contributed by atoms with Crippen molar-refractivity contribution in [3.63, 3.8) is 0 Å². The molecule has 1 aliphatic rings. The fourth-order valence-corrected chi connectivity index (χ4v) is 2.05. The van der Waals surface area contributed by atoms with E-state index >= 15 is 0 Å². The zero-order valence-corrected chi connectivity index (χ0v) is 9.84. The van der Waals surface area contributed by atoms with E-state index in [2.05, 4.69) is 4.81 Å². The first-order valence-corrected chi connectivity index (χ1v) is 5.96. The van der Waals surface area contributed by atoms with Gasteiger partial charge in [-0.1, -0.05) is 0 Å². The quantitative estimate of drug-likeness (QED) is 0.470. The van der Waals surface area contributed by atoms with Crippen LogP contribution in [0.5, 0.6) is 5.75 Å². The minimum atomic E-state index is 0.251. The summed E-state index contributed by atoms with van der Waals surface area (Å²) in [6.07, 6.45) is 3.15. The fraction of sp³-hybridized carbons (Fsp3) is 0.417. The van der Waals surface area contributed by atoms with E-state index in [9.17, 15) is 4.79 Å². The van der Waals surface area contributed by atoms with Gasteiger partial charge >= 0.3 is 0 Å². The van der Waals surface area contributed by atoms with Crippen LogP contribution < -0.4 is 10.5 Å². The first-order valence-electron chi connectivity index (χ1n) is 5.96. The summed E-state index contributed by atoms with van der Waals surface area (Å²) in [5.41, 5.74) is 6.36. The lowest BCUT2D eigenvalue weighted by atomic mass is 9.90.